The van der Waals surface area contributed by atoms with Crippen molar-refractivity contribution in [3.8, 4) is 57.4 Å². The number of benzene rings is 3. The second-order valence-corrected chi connectivity index (χ2v) is 6.59. The Balaban J connectivity index is 1.81. The summed E-state index contributed by atoms with van der Waals surface area (Å²) in [4.78, 5) is 15.4. The lowest BCUT2D eigenvalue weighted by molar-refractivity contribution is 0.404. The summed E-state index contributed by atoms with van der Waals surface area (Å²) in [6.45, 7) is 0. The highest BCUT2D eigenvalue weighted by atomic mass is 16.3. The number of aromatic hydroxyl groups is 2. The van der Waals surface area contributed by atoms with Gasteiger partial charge >= 0.3 is 0 Å². The van der Waals surface area contributed by atoms with Crippen molar-refractivity contribution in [2.45, 2.75) is 0 Å². The summed E-state index contributed by atoms with van der Waals surface area (Å²) in [7, 11) is 0. The molecule has 0 atom stereocenters. The molecule has 1 heterocycles. The van der Waals surface area contributed by atoms with E-state index in [9.17, 15) is 15.0 Å². The van der Waals surface area contributed by atoms with E-state index in [2.05, 4.69) is 10.9 Å². The monoisotopic (exact) mass is 379 g/mol. The second kappa shape index (κ2) is 7.41. The Labute approximate surface area is 167 Å². The molecule has 140 valence electrons. The number of phenolic OH excluding ortho intramolecular Hbond substituents is 2. The van der Waals surface area contributed by atoms with Crippen LogP contribution in [0, 0.1) is 12.3 Å². The van der Waals surface area contributed by atoms with Crippen molar-refractivity contribution in [3.63, 3.8) is 0 Å². The zero-order valence-corrected chi connectivity index (χ0v) is 15.4. The molecule has 4 nitrogen and oxygen atoms in total. The van der Waals surface area contributed by atoms with Crippen LogP contribution in [0.1, 0.15) is 5.56 Å². The van der Waals surface area contributed by atoms with E-state index in [1.54, 1.807) is 12.1 Å². The summed E-state index contributed by atoms with van der Waals surface area (Å²) in [6, 6.07) is 24.0. The Morgan fingerprint density at radius 2 is 1.34 bits per heavy atom. The average molecular weight is 379 g/mol. The summed E-state index contributed by atoms with van der Waals surface area (Å²) < 4.78 is 0. The van der Waals surface area contributed by atoms with Gasteiger partial charge in [-0.1, -0.05) is 66.6 Å². The Morgan fingerprint density at radius 3 is 2.00 bits per heavy atom. The Morgan fingerprint density at radius 1 is 0.724 bits per heavy atom. The number of hydrogen-bond donors (Lipinski definition) is 3. The van der Waals surface area contributed by atoms with E-state index in [-0.39, 0.29) is 22.6 Å². The van der Waals surface area contributed by atoms with Gasteiger partial charge in [0.2, 0.25) is 0 Å². The third kappa shape index (κ3) is 3.50. The highest BCUT2D eigenvalue weighted by molar-refractivity contribution is 5.77. The molecule has 3 N–H and O–H groups in total. The van der Waals surface area contributed by atoms with Crippen LogP contribution in [0.2, 0.25) is 0 Å². The molecule has 4 aromatic rings. The topological polar surface area (TPSA) is 73.3 Å². The van der Waals surface area contributed by atoms with Crippen molar-refractivity contribution in [1.29, 1.82) is 0 Å². The van der Waals surface area contributed by atoms with E-state index < -0.39 is 0 Å². The number of H-pyrrole nitrogens is 1. The molecule has 1 aromatic heterocycles. The smallest absolute Gasteiger partial charge is 0.264 e. The van der Waals surface area contributed by atoms with Gasteiger partial charge in [-0.3, -0.25) is 4.79 Å². The molecule has 0 fully saturated rings. The van der Waals surface area contributed by atoms with Gasteiger partial charge in [-0.15, -0.1) is 6.42 Å². The van der Waals surface area contributed by atoms with Crippen molar-refractivity contribution in [2.75, 3.05) is 0 Å². The van der Waals surface area contributed by atoms with Gasteiger partial charge in [0, 0.05) is 11.3 Å². The molecule has 4 heteroatoms. The van der Waals surface area contributed by atoms with Gasteiger partial charge in [-0.2, -0.15) is 0 Å². The number of nitrogens with one attached hydrogen (secondary N) is 1. The third-order valence-electron chi connectivity index (χ3n) is 4.77. The second-order valence-electron chi connectivity index (χ2n) is 6.59. The van der Waals surface area contributed by atoms with Crippen LogP contribution in [0.4, 0.5) is 0 Å². The predicted molar refractivity (Wildman–Crippen MR) is 115 cm³/mol. The molecule has 0 amide bonds. The lowest BCUT2D eigenvalue weighted by Crippen LogP contribution is -2.12. The number of terminal acetylenes is 1. The van der Waals surface area contributed by atoms with Gasteiger partial charge in [-0.25, -0.2) is 0 Å². The number of pyridine rings is 1. The SMILES string of the molecule is C#Cc1c(-c2ccc(O)c(O)c2)cc(-c2ccc(-c3ccccc3)cc2)[nH]c1=O. The fraction of sp³-hybridized carbons (Fsp3) is 0. The molecule has 0 saturated carbocycles. The molecule has 0 aliphatic carbocycles. The molecule has 3 aromatic carbocycles. The van der Waals surface area contributed by atoms with Crippen LogP contribution >= 0.6 is 0 Å². The number of hydrogen-bond acceptors (Lipinski definition) is 3. The molecular weight excluding hydrogens is 362 g/mol. The standard InChI is InChI=1S/C25H17NO3/c1-2-20-21(19-12-13-23(27)24(28)14-19)15-22(26-25(20)29)18-10-8-17(9-11-18)16-6-4-3-5-7-16/h1,3-15,27-28H,(H,26,29). The minimum atomic E-state index is -0.389. The average Bonchev–Trinajstić information content (AvgIpc) is 2.76. The summed E-state index contributed by atoms with van der Waals surface area (Å²) in [5, 5.41) is 19.4. The van der Waals surface area contributed by atoms with Gasteiger partial charge in [0.25, 0.3) is 5.56 Å². The Bertz CT molecular complexity index is 1280. The summed E-state index contributed by atoms with van der Waals surface area (Å²) in [5.74, 6) is 1.90. The number of aromatic amines is 1. The first-order valence-electron chi connectivity index (χ1n) is 8.99. The first-order chi connectivity index (χ1) is 14.1. The van der Waals surface area contributed by atoms with E-state index in [0.717, 1.165) is 16.7 Å². The van der Waals surface area contributed by atoms with Crippen LogP contribution in [0.15, 0.2) is 83.7 Å². The minimum Gasteiger partial charge on any atom is -0.504 e. The molecule has 4 rings (SSSR count). The number of rotatable bonds is 3. The number of aromatic nitrogens is 1. The summed E-state index contributed by atoms with van der Waals surface area (Å²) in [6.07, 6.45) is 5.55. The van der Waals surface area contributed by atoms with E-state index in [1.165, 1.54) is 12.1 Å². The zero-order chi connectivity index (χ0) is 20.4. The van der Waals surface area contributed by atoms with E-state index >= 15 is 0 Å². The van der Waals surface area contributed by atoms with Crippen molar-refractivity contribution >= 4 is 0 Å². The highest BCUT2D eigenvalue weighted by Crippen LogP contribution is 2.33. The largest absolute Gasteiger partial charge is 0.504 e. The van der Waals surface area contributed by atoms with Crippen molar-refractivity contribution < 1.29 is 10.2 Å². The Kier molecular flexibility index (Phi) is 4.64. The van der Waals surface area contributed by atoms with Crippen LogP contribution in [-0.4, -0.2) is 15.2 Å². The zero-order valence-electron chi connectivity index (χ0n) is 15.4. The quantitative estimate of drug-likeness (QED) is 0.355. The first-order valence-corrected chi connectivity index (χ1v) is 8.99. The van der Waals surface area contributed by atoms with Gasteiger partial charge in [0.1, 0.15) is 0 Å². The van der Waals surface area contributed by atoms with Crippen LogP contribution < -0.4 is 5.56 Å². The lowest BCUT2D eigenvalue weighted by atomic mass is 9.97. The maximum absolute atomic E-state index is 12.6. The summed E-state index contributed by atoms with van der Waals surface area (Å²) >= 11 is 0. The fourth-order valence-corrected chi connectivity index (χ4v) is 3.25. The highest BCUT2D eigenvalue weighted by Gasteiger charge is 2.13. The molecule has 0 bridgehead atoms. The Hall–Kier alpha value is -4.23. The van der Waals surface area contributed by atoms with Gasteiger partial charge in [0.05, 0.1) is 5.56 Å². The van der Waals surface area contributed by atoms with Crippen LogP contribution in [0.5, 0.6) is 11.5 Å². The fourth-order valence-electron chi connectivity index (χ4n) is 3.25. The van der Waals surface area contributed by atoms with Gasteiger partial charge in [0.15, 0.2) is 11.5 Å². The number of phenols is 2. The van der Waals surface area contributed by atoms with Crippen LogP contribution in [-0.2, 0) is 0 Å². The summed E-state index contributed by atoms with van der Waals surface area (Å²) in [5.41, 5.74) is 4.44. The van der Waals surface area contributed by atoms with Crippen LogP contribution in [0.25, 0.3) is 33.5 Å². The normalized spacial score (nSPS) is 10.4. The predicted octanol–water partition coefficient (Wildman–Crippen LogP) is 4.77. The van der Waals surface area contributed by atoms with Crippen molar-refractivity contribution in [3.05, 3.63) is 94.8 Å². The third-order valence-corrected chi connectivity index (χ3v) is 4.77. The van der Waals surface area contributed by atoms with Crippen molar-refractivity contribution in [1.82, 2.24) is 4.98 Å². The maximum atomic E-state index is 12.6. The minimum absolute atomic E-state index is 0.166. The molecule has 0 saturated heterocycles. The molecule has 0 spiro atoms. The van der Waals surface area contributed by atoms with E-state index in [4.69, 9.17) is 6.42 Å². The molecular formula is C25H17NO3. The maximum Gasteiger partial charge on any atom is 0.264 e. The lowest BCUT2D eigenvalue weighted by Gasteiger charge is -2.10. The molecule has 29 heavy (non-hydrogen) atoms. The van der Waals surface area contributed by atoms with E-state index in [0.29, 0.717) is 16.8 Å². The van der Waals surface area contributed by atoms with Gasteiger partial charge < -0.3 is 15.2 Å². The molecule has 0 aliphatic rings. The van der Waals surface area contributed by atoms with Crippen molar-refractivity contribution in [2.24, 2.45) is 0 Å². The molecule has 0 unspecified atom stereocenters. The molecule has 0 radical (unpaired) electrons. The van der Waals surface area contributed by atoms with Crippen LogP contribution in [0.3, 0.4) is 0 Å². The van der Waals surface area contributed by atoms with Gasteiger partial charge in [-0.05, 0) is 40.5 Å². The first kappa shape index (κ1) is 18.1. The molecule has 0 aliphatic heterocycles. The van der Waals surface area contributed by atoms with E-state index in [1.807, 2.05) is 54.6 Å².